The maximum absolute atomic E-state index is 13.2. The molecule has 0 atom stereocenters. The Morgan fingerprint density at radius 2 is 0.943 bits per heavy atom. The molecule has 6 rings (SSSR count). The Labute approximate surface area is 200 Å². The molecule has 0 spiro atoms. The van der Waals surface area contributed by atoms with Crippen molar-refractivity contribution < 1.29 is 19.2 Å². The van der Waals surface area contributed by atoms with E-state index in [0.29, 0.717) is 44.8 Å². The maximum Gasteiger partial charge on any atom is 0.196 e. The first kappa shape index (κ1) is 20.6. The van der Waals surface area contributed by atoms with Gasteiger partial charge in [0.15, 0.2) is 23.1 Å². The van der Waals surface area contributed by atoms with E-state index >= 15 is 0 Å². The Morgan fingerprint density at radius 3 is 1.54 bits per heavy atom. The number of carbonyl (C=O) groups is 4. The molecule has 0 radical (unpaired) electrons. The lowest BCUT2D eigenvalue weighted by Crippen LogP contribution is -2.22. The quantitative estimate of drug-likeness (QED) is 0.299. The first-order valence-electron chi connectivity index (χ1n) is 11.0. The lowest BCUT2D eigenvalue weighted by Gasteiger charge is -2.20. The third-order valence-corrected chi connectivity index (χ3v) is 6.31. The van der Waals surface area contributed by atoms with E-state index < -0.39 is 0 Å². The molecule has 0 aliphatic heterocycles. The van der Waals surface area contributed by atoms with Crippen molar-refractivity contribution in [3.05, 3.63) is 129 Å². The maximum atomic E-state index is 13.2. The minimum Gasteiger partial charge on any atom is -0.346 e. The molecule has 0 heterocycles. The smallest absolute Gasteiger partial charge is 0.196 e. The van der Waals surface area contributed by atoms with E-state index in [4.69, 9.17) is 0 Å². The van der Waals surface area contributed by atoms with Gasteiger partial charge in [-0.3, -0.25) is 19.2 Å². The average molecular weight is 456 g/mol. The van der Waals surface area contributed by atoms with Crippen molar-refractivity contribution in [2.24, 2.45) is 4.99 Å². The van der Waals surface area contributed by atoms with Gasteiger partial charge in [-0.2, -0.15) is 0 Å². The summed E-state index contributed by atoms with van der Waals surface area (Å²) in [4.78, 5) is 56.6. The van der Waals surface area contributed by atoms with E-state index in [1.165, 1.54) is 6.34 Å². The molecule has 2 aliphatic carbocycles. The Hall–Kier alpha value is -4.97. The van der Waals surface area contributed by atoms with Gasteiger partial charge in [-0.1, -0.05) is 72.8 Å². The highest BCUT2D eigenvalue weighted by Crippen LogP contribution is 2.34. The third-order valence-electron chi connectivity index (χ3n) is 6.31. The van der Waals surface area contributed by atoms with Crippen LogP contribution in [0.25, 0.3) is 0 Å². The summed E-state index contributed by atoms with van der Waals surface area (Å²) in [6, 6.07) is 23.4. The van der Waals surface area contributed by atoms with Gasteiger partial charge >= 0.3 is 0 Å². The fourth-order valence-corrected chi connectivity index (χ4v) is 4.67. The molecule has 0 fully saturated rings. The summed E-state index contributed by atoms with van der Waals surface area (Å²) in [6.07, 6.45) is 1.36. The van der Waals surface area contributed by atoms with Crippen LogP contribution in [-0.4, -0.2) is 29.5 Å². The molecule has 35 heavy (non-hydrogen) atoms. The largest absolute Gasteiger partial charge is 0.346 e. The van der Waals surface area contributed by atoms with Gasteiger partial charge in [-0.15, -0.1) is 0 Å². The number of carbonyl (C=O) groups excluding carboxylic acids is 4. The average Bonchev–Trinajstić information content (AvgIpc) is 2.90. The van der Waals surface area contributed by atoms with E-state index in [-0.39, 0.29) is 34.3 Å². The number of hydrogen-bond donors (Lipinski definition) is 1. The van der Waals surface area contributed by atoms with Gasteiger partial charge < -0.3 is 5.32 Å². The lowest BCUT2D eigenvalue weighted by molar-refractivity contribution is 0.0979. The Balaban J connectivity index is 1.36. The number of benzene rings is 4. The van der Waals surface area contributed by atoms with Crippen molar-refractivity contribution in [1.29, 1.82) is 0 Å². The summed E-state index contributed by atoms with van der Waals surface area (Å²) < 4.78 is 0. The zero-order valence-electron chi connectivity index (χ0n) is 18.2. The van der Waals surface area contributed by atoms with Gasteiger partial charge in [-0.25, -0.2) is 4.99 Å². The number of hydrogen-bond acceptors (Lipinski definition) is 5. The van der Waals surface area contributed by atoms with Crippen molar-refractivity contribution in [3.63, 3.8) is 0 Å². The van der Waals surface area contributed by atoms with Crippen LogP contribution in [0.2, 0.25) is 0 Å². The molecule has 2 aliphatic rings. The second kappa shape index (κ2) is 7.81. The second-order valence-corrected chi connectivity index (χ2v) is 8.24. The molecule has 1 N–H and O–H groups in total. The van der Waals surface area contributed by atoms with E-state index in [1.54, 1.807) is 84.9 Å². The van der Waals surface area contributed by atoms with Gasteiger partial charge in [0.1, 0.15) is 0 Å². The van der Waals surface area contributed by atoms with Gasteiger partial charge in [-0.05, 0) is 12.1 Å². The van der Waals surface area contributed by atoms with Crippen LogP contribution in [0, 0.1) is 0 Å². The summed E-state index contributed by atoms with van der Waals surface area (Å²) in [5, 5.41) is 2.99. The highest BCUT2D eigenvalue weighted by atomic mass is 16.1. The van der Waals surface area contributed by atoms with Crippen LogP contribution in [-0.2, 0) is 0 Å². The third kappa shape index (κ3) is 3.08. The number of ketones is 4. The molecule has 0 saturated heterocycles. The topological polar surface area (TPSA) is 92.7 Å². The van der Waals surface area contributed by atoms with Crippen LogP contribution in [0.15, 0.2) is 89.9 Å². The molecule has 4 aromatic rings. The molecule has 6 heteroatoms. The molecule has 4 aromatic carbocycles. The predicted molar refractivity (Wildman–Crippen MR) is 131 cm³/mol. The van der Waals surface area contributed by atoms with Gasteiger partial charge in [0.2, 0.25) is 0 Å². The van der Waals surface area contributed by atoms with E-state index in [2.05, 4.69) is 10.3 Å². The van der Waals surface area contributed by atoms with Crippen LogP contribution in [0.4, 0.5) is 11.4 Å². The molecule has 0 bridgehead atoms. The number of nitrogens with one attached hydrogen (secondary N) is 1. The van der Waals surface area contributed by atoms with Crippen LogP contribution in [0.1, 0.15) is 63.7 Å². The molecule has 0 aromatic heterocycles. The number of nitrogens with zero attached hydrogens (tertiary/aromatic N) is 1. The van der Waals surface area contributed by atoms with Gasteiger partial charge in [0, 0.05) is 33.4 Å². The molecular formula is C29H16N2O4. The standard InChI is InChI=1S/C29H16N2O4/c32-26-16-7-1-3-9-18(16)28(34)24-20(26)11-5-13-22(24)30-15-31-23-14-6-12-21-25(23)29(35)19-10-4-2-8-17(19)27(21)33/h1-15H,(H,30,31). The Kier molecular flexibility index (Phi) is 4.60. The molecule has 0 saturated carbocycles. The monoisotopic (exact) mass is 456 g/mol. The SMILES string of the molecule is O=C1c2ccccc2C(=O)c2c(/N=C\Nc3cccc4c3C(=O)c3ccccc3C4=O)cccc21. The van der Waals surface area contributed by atoms with Crippen LogP contribution >= 0.6 is 0 Å². The molecule has 6 nitrogen and oxygen atoms in total. The first-order valence-corrected chi connectivity index (χ1v) is 11.0. The molecule has 166 valence electrons. The highest BCUT2D eigenvalue weighted by molar-refractivity contribution is 6.31. The van der Waals surface area contributed by atoms with Crippen LogP contribution in [0.3, 0.4) is 0 Å². The van der Waals surface area contributed by atoms with Crippen molar-refractivity contribution in [2.45, 2.75) is 0 Å². The normalized spacial score (nSPS) is 13.8. The van der Waals surface area contributed by atoms with Crippen molar-refractivity contribution >= 4 is 40.8 Å². The summed E-state index contributed by atoms with van der Waals surface area (Å²) in [5.74, 6) is -0.950. The summed E-state index contributed by atoms with van der Waals surface area (Å²) in [6.45, 7) is 0. The zero-order valence-corrected chi connectivity index (χ0v) is 18.2. The minimum atomic E-state index is -0.266. The molecule has 0 amide bonds. The van der Waals surface area contributed by atoms with E-state index in [1.807, 2.05) is 0 Å². The summed E-state index contributed by atoms with van der Waals surface area (Å²) >= 11 is 0. The second-order valence-electron chi connectivity index (χ2n) is 8.24. The number of anilines is 1. The van der Waals surface area contributed by atoms with Crippen LogP contribution < -0.4 is 5.32 Å². The van der Waals surface area contributed by atoms with Crippen molar-refractivity contribution in [2.75, 3.05) is 5.32 Å². The fourth-order valence-electron chi connectivity index (χ4n) is 4.67. The summed E-state index contributed by atoms with van der Waals surface area (Å²) in [5.41, 5.74) is 3.37. The number of aliphatic imine (C=N–C) groups is 1. The first-order chi connectivity index (χ1) is 17.1. The van der Waals surface area contributed by atoms with Crippen molar-refractivity contribution in [1.82, 2.24) is 0 Å². The molecule has 0 unspecified atom stereocenters. The zero-order chi connectivity index (χ0) is 24.1. The van der Waals surface area contributed by atoms with Gasteiger partial charge in [0.25, 0.3) is 0 Å². The number of fused-ring (bicyclic) bond motifs is 4. The number of rotatable bonds is 3. The Bertz CT molecular complexity index is 1650. The summed E-state index contributed by atoms with van der Waals surface area (Å²) in [7, 11) is 0. The van der Waals surface area contributed by atoms with Crippen LogP contribution in [0.5, 0.6) is 0 Å². The molecular weight excluding hydrogens is 440 g/mol. The van der Waals surface area contributed by atoms with E-state index in [9.17, 15) is 19.2 Å². The van der Waals surface area contributed by atoms with E-state index in [0.717, 1.165) is 0 Å². The lowest BCUT2D eigenvalue weighted by atomic mass is 9.83. The fraction of sp³-hybridized carbons (Fsp3) is 0. The predicted octanol–water partition coefficient (Wildman–Crippen LogP) is 5.01. The van der Waals surface area contributed by atoms with Crippen molar-refractivity contribution in [3.8, 4) is 0 Å². The minimum absolute atomic E-state index is 0.212. The highest BCUT2D eigenvalue weighted by Gasteiger charge is 2.32. The van der Waals surface area contributed by atoms with Gasteiger partial charge in [0.05, 0.1) is 28.8 Å². The Morgan fingerprint density at radius 1 is 0.486 bits per heavy atom.